The average molecular weight is 359 g/mol. The maximum atomic E-state index is 12.7. The number of nitrogens with zero attached hydrogens (tertiary/aromatic N) is 4. The Labute approximate surface area is 155 Å². The van der Waals surface area contributed by atoms with E-state index in [0.717, 1.165) is 22.5 Å². The molecule has 0 spiro atoms. The summed E-state index contributed by atoms with van der Waals surface area (Å²) in [7, 11) is 1.61. The van der Waals surface area contributed by atoms with Crippen LogP contribution in [0.2, 0.25) is 0 Å². The highest BCUT2D eigenvalue weighted by molar-refractivity contribution is 6.06. The molecular weight excluding hydrogens is 342 g/mol. The molecule has 0 fully saturated rings. The van der Waals surface area contributed by atoms with Crippen molar-refractivity contribution in [3.8, 4) is 11.6 Å². The predicted molar refractivity (Wildman–Crippen MR) is 102 cm³/mol. The minimum atomic E-state index is -0.234. The van der Waals surface area contributed by atoms with Crippen LogP contribution in [0.3, 0.4) is 0 Å². The first-order valence-corrected chi connectivity index (χ1v) is 8.35. The fraction of sp³-hybridized carbons (Fsp3) is 0.100. The summed E-state index contributed by atoms with van der Waals surface area (Å²) in [4.78, 5) is 25.6. The van der Waals surface area contributed by atoms with Crippen LogP contribution < -0.4 is 10.1 Å². The molecule has 1 aromatic carbocycles. The van der Waals surface area contributed by atoms with E-state index in [1.165, 1.54) is 0 Å². The molecule has 0 saturated heterocycles. The Morgan fingerprint density at radius 3 is 2.78 bits per heavy atom. The van der Waals surface area contributed by atoms with Crippen LogP contribution >= 0.6 is 0 Å². The van der Waals surface area contributed by atoms with Crippen LogP contribution in [0.5, 0.6) is 5.75 Å². The highest BCUT2D eigenvalue weighted by Gasteiger charge is 2.13. The summed E-state index contributed by atoms with van der Waals surface area (Å²) in [6.07, 6.45) is 6.76. The molecule has 0 saturated carbocycles. The van der Waals surface area contributed by atoms with Crippen LogP contribution in [0, 0.1) is 6.92 Å². The molecule has 7 nitrogen and oxygen atoms in total. The second kappa shape index (κ2) is 6.87. The maximum Gasteiger partial charge on any atom is 0.257 e. The van der Waals surface area contributed by atoms with Gasteiger partial charge in [0, 0.05) is 17.8 Å². The number of pyridine rings is 2. The van der Waals surface area contributed by atoms with Crippen molar-refractivity contribution in [2.24, 2.45) is 0 Å². The number of rotatable bonds is 4. The Hall–Kier alpha value is -3.74. The molecule has 0 atom stereocenters. The van der Waals surface area contributed by atoms with Gasteiger partial charge in [-0.3, -0.25) is 14.3 Å². The van der Waals surface area contributed by atoms with E-state index in [4.69, 9.17) is 4.74 Å². The number of nitrogens with one attached hydrogen (secondary N) is 1. The van der Waals surface area contributed by atoms with Gasteiger partial charge in [0.1, 0.15) is 17.9 Å². The Bertz CT molecular complexity index is 1110. The van der Waals surface area contributed by atoms with E-state index in [2.05, 4.69) is 20.3 Å². The molecule has 4 aromatic rings. The summed E-state index contributed by atoms with van der Waals surface area (Å²) in [5.74, 6) is 1.21. The van der Waals surface area contributed by atoms with E-state index in [1.54, 1.807) is 42.7 Å². The number of carbonyl (C=O) groups excluding carboxylic acids is 1. The van der Waals surface area contributed by atoms with E-state index in [-0.39, 0.29) is 5.91 Å². The van der Waals surface area contributed by atoms with E-state index in [1.807, 2.05) is 37.3 Å². The Balaban J connectivity index is 1.59. The fourth-order valence-electron chi connectivity index (χ4n) is 2.81. The fourth-order valence-corrected chi connectivity index (χ4v) is 2.81. The van der Waals surface area contributed by atoms with Gasteiger partial charge in [0.2, 0.25) is 0 Å². The molecule has 0 radical (unpaired) electrons. The summed E-state index contributed by atoms with van der Waals surface area (Å²) in [5, 5.41) is 3.71. The van der Waals surface area contributed by atoms with Crippen LogP contribution in [0.15, 0.2) is 61.3 Å². The van der Waals surface area contributed by atoms with Gasteiger partial charge in [-0.05, 0) is 43.3 Å². The molecule has 0 aliphatic carbocycles. The maximum absolute atomic E-state index is 12.7. The summed E-state index contributed by atoms with van der Waals surface area (Å²) < 4.78 is 7.04. The van der Waals surface area contributed by atoms with Gasteiger partial charge in [0.05, 0.1) is 35.8 Å². The average Bonchev–Trinajstić information content (AvgIpc) is 3.22. The molecule has 3 aromatic heterocycles. The molecule has 3 heterocycles. The van der Waals surface area contributed by atoms with Gasteiger partial charge in [-0.1, -0.05) is 0 Å². The topological polar surface area (TPSA) is 81.9 Å². The number of hydrogen-bond donors (Lipinski definition) is 1. The third kappa shape index (κ3) is 3.35. The van der Waals surface area contributed by atoms with Crippen molar-refractivity contribution in [2.75, 3.05) is 12.4 Å². The number of imidazole rings is 1. The molecule has 0 aliphatic heterocycles. The normalized spacial score (nSPS) is 10.7. The van der Waals surface area contributed by atoms with Gasteiger partial charge in [-0.25, -0.2) is 9.97 Å². The number of amides is 1. The Kier molecular flexibility index (Phi) is 4.25. The highest BCUT2D eigenvalue weighted by atomic mass is 16.5. The number of benzene rings is 1. The first kappa shape index (κ1) is 16.7. The van der Waals surface area contributed by atoms with Gasteiger partial charge >= 0.3 is 0 Å². The van der Waals surface area contributed by atoms with Gasteiger partial charge in [-0.15, -0.1) is 0 Å². The zero-order valence-electron chi connectivity index (χ0n) is 14.9. The largest absolute Gasteiger partial charge is 0.497 e. The Morgan fingerprint density at radius 1 is 1.19 bits per heavy atom. The lowest BCUT2D eigenvalue weighted by molar-refractivity contribution is 0.102. The quantitative estimate of drug-likeness (QED) is 0.604. The Morgan fingerprint density at radius 2 is 2.07 bits per heavy atom. The van der Waals surface area contributed by atoms with Gasteiger partial charge in [0.25, 0.3) is 5.91 Å². The SMILES string of the molecule is COc1ccc2nc(C)c(C(=O)Nc3ccc(-n4ccnc4)nc3)cc2c1. The summed E-state index contributed by atoms with van der Waals surface area (Å²) in [5.41, 5.74) is 2.59. The number of ether oxygens (including phenoxy) is 1. The molecule has 0 unspecified atom stereocenters. The first-order valence-electron chi connectivity index (χ1n) is 8.35. The zero-order chi connectivity index (χ0) is 18.8. The number of methoxy groups -OCH3 is 1. The molecule has 27 heavy (non-hydrogen) atoms. The van der Waals surface area contributed by atoms with E-state index in [9.17, 15) is 4.79 Å². The second-order valence-electron chi connectivity index (χ2n) is 6.01. The summed E-state index contributed by atoms with van der Waals surface area (Å²) in [6.45, 7) is 1.82. The van der Waals surface area contributed by atoms with Crippen LogP contribution in [-0.2, 0) is 0 Å². The predicted octanol–water partition coefficient (Wildman–Crippen LogP) is 3.38. The number of fused-ring (bicyclic) bond motifs is 1. The number of aryl methyl sites for hydroxylation is 1. The smallest absolute Gasteiger partial charge is 0.257 e. The molecule has 7 heteroatoms. The third-order valence-corrected chi connectivity index (χ3v) is 4.23. The zero-order valence-corrected chi connectivity index (χ0v) is 14.9. The lowest BCUT2D eigenvalue weighted by Crippen LogP contribution is -2.14. The lowest BCUT2D eigenvalue weighted by atomic mass is 10.1. The van der Waals surface area contributed by atoms with Crippen molar-refractivity contribution in [3.05, 3.63) is 72.6 Å². The summed E-state index contributed by atoms with van der Waals surface area (Å²) in [6, 6.07) is 11.0. The number of aromatic nitrogens is 4. The lowest BCUT2D eigenvalue weighted by Gasteiger charge is -2.10. The van der Waals surface area contributed by atoms with Crippen LogP contribution in [0.1, 0.15) is 16.1 Å². The molecule has 1 N–H and O–H groups in total. The van der Waals surface area contributed by atoms with Crippen molar-refractivity contribution < 1.29 is 9.53 Å². The molecule has 134 valence electrons. The van der Waals surface area contributed by atoms with E-state index in [0.29, 0.717) is 16.9 Å². The van der Waals surface area contributed by atoms with Crippen molar-refractivity contribution in [3.63, 3.8) is 0 Å². The van der Waals surface area contributed by atoms with Gasteiger partial charge in [-0.2, -0.15) is 0 Å². The number of carbonyl (C=O) groups is 1. The molecule has 4 rings (SSSR count). The van der Waals surface area contributed by atoms with Crippen molar-refractivity contribution in [1.82, 2.24) is 19.5 Å². The van der Waals surface area contributed by atoms with Gasteiger partial charge < -0.3 is 10.1 Å². The summed E-state index contributed by atoms with van der Waals surface area (Å²) >= 11 is 0. The van der Waals surface area contributed by atoms with E-state index >= 15 is 0 Å². The monoisotopic (exact) mass is 359 g/mol. The minimum absolute atomic E-state index is 0.234. The molecule has 0 bridgehead atoms. The minimum Gasteiger partial charge on any atom is -0.497 e. The van der Waals surface area contributed by atoms with Crippen LogP contribution in [0.4, 0.5) is 5.69 Å². The molecule has 1 amide bonds. The standard InChI is InChI=1S/C20H17N5O2/c1-13-17(10-14-9-16(27-2)4-5-18(14)23-13)20(26)24-15-3-6-19(22-11-15)25-8-7-21-12-25/h3-12H,1-2H3,(H,24,26). The van der Waals surface area contributed by atoms with Crippen molar-refractivity contribution >= 4 is 22.5 Å². The molecule has 0 aliphatic rings. The highest BCUT2D eigenvalue weighted by Crippen LogP contribution is 2.22. The first-order chi connectivity index (χ1) is 13.1. The number of anilines is 1. The number of hydrogen-bond acceptors (Lipinski definition) is 5. The van der Waals surface area contributed by atoms with Crippen molar-refractivity contribution in [1.29, 1.82) is 0 Å². The third-order valence-electron chi connectivity index (χ3n) is 4.23. The van der Waals surface area contributed by atoms with Crippen molar-refractivity contribution in [2.45, 2.75) is 6.92 Å². The van der Waals surface area contributed by atoms with Crippen LogP contribution in [0.25, 0.3) is 16.7 Å². The van der Waals surface area contributed by atoms with Gasteiger partial charge in [0.15, 0.2) is 0 Å². The molecular formula is C20H17N5O2. The van der Waals surface area contributed by atoms with E-state index < -0.39 is 0 Å². The van der Waals surface area contributed by atoms with Crippen LogP contribution in [-0.4, -0.2) is 32.5 Å². The second-order valence-corrected chi connectivity index (χ2v) is 6.01.